The summed E-state index contributed by atoms with van der Waals surface area (Å²) in [6.45, 7) is 10.6. The zero-order valence-corrected chi connectivity index (χ0v) is 14.5. The summed E-state index contributed by atoms with van der Waals surface area (Å²) < 4.78 is 5.28. The highest BCUT2D eigenvalue weighted by Crippen LogP contribution is 2.33. The molecule has 1 aliphatic rings. The van der Waals surface area contributed by atoms with Gasteiger partial charge in [-0.1, -0.05) is 85.0 Å². The van der Waals surface area contributed by atoms with Crippen LogP contribution < -0.4 is 5.32 Å². The summed E-state index contributed by atoms with van der Waals surface area (Å²) in [5.41, 5.74) is 1.34. The molecule has 122 valence electrons. The number of hydrogen-bond donors (Lipinski definition) is 1. The van der Waals surface area contributed by atoms with Crippen molar-refractivity contribution < 1.29 is 4.74 Å². The van der Waals surface area contributed by atoms with E-state index >= 15 is 0 Å². The molecule has 0 aromatic rings. The second-order valence-corrected chi connectivity index (χ2v) is 7.01. The van der Waals surface area contributed by atoms with Crippen LogP contribution in [0.2, 0.25) is 0 Å². The largest absolute Gasteiger partial charge is 0.448 e. The molecule has 0 radical (unpaired) electrons. The van der Waals surface area contributed by atoms with Crippen LogP contribution in [0, 0.1) is 5.41 Å². The second-order valence-electron chi connectivity index (χ2n) is 7.01. The van der Waals surface area contributed by atoms with Crippen LogP contribution in [0.1, 0.15) is 91.4 Å². The van der Waals surface area contributed by atoms with Crippen molar-refractivity contribution in [2.24, 2.45) is 5.41 Å². The smallest absolute Gasteiger partial charge is 0.189 e. The van der Waals surface area contributed by atoms with Gasteiger partial charge in [-0.05, 0) is 13.0 Å². The lowest BCUT2D eigenvalue weighted by atomic mass is 9.84. The lowest BCUT2D eigenvalue weighted by molar-refractivity contribution is 0.359. The van der Waals surface area contributed by atoms with Crippen molar-refractivity contribution >= 4 is 0 Å². The minimum Gasteiger partial charge on any atom is -0.448 e. The first kappa shape index (κ1) is 18.1. The monoisotopic (exact) mass is 293 g/mol. The topological polar surface area (TPSA) is 21.3 Å². The van der Waals surface area contributed by atoms with E-state index in [0.29, 0.717) is 5.88 Å². The Morgan fingerprint density at radius 1 is 0.952 bits per heavy atom. The van der Waals surface area contributed by atoms with Crippen molar-refractivity contribution in [2.75, 3.05) is 0 Å². The zero-order chi connectivity index (χ0) is 15.6. The lowest BCUT2D eigenvalue weighted by Crippen LogP contribution is -2.22. The van der Waals surface area contributed by atoms with Gasteiger partial charge in [0.25, 0.3) is 0 Å². The summed E-state index contributed by atoms with van der Waals surface area (Å²) in [5.74, 6) is 0.654. The molecule has 0 atom stereocenters. The molecule has 0 bridgehead atoms. The van der Waals surface area contributed by atoms with Crippen LogP contribution in [0.4, 0.5) is 0 Å². The zero-order valence-electron chi connectivity index (χ0n) is 14.5. The van der Waals surface area contributed by atoms with Gasteiger partial charge >= 0.3 is 0 Å². The lowest BCUT2D eigenvalue weighted by Gasteiger charge is -2.25. The van der Waals surface area contributed by atoms with Crippen molar-refractivity contribution in [1.29, 1.82) is 0 Å². The molecule has 1 aliphatic heterocycles. The number of allylic oxidation sites excluding steroid dienone is 1. The van der Waals surface area contributed by atoms with E-state index in [1.54, 1.807) is 0 Å². The molecule has 0 aliphatic carbocycles. The predicted molar refractivity (Wildman–Crippen MR) is 91.7 cm³/mol. The van der Waals surface area contributed by atoms with Crippen molar-refractivity contribution in [2.45, 2.75) is 91.4 Å². The van der Waals surface area contributed by atoms with Crippen molar-refractivity contribution in [1.82, 2.24) is 5.32 Å². The van der Waals surface area contributed by atoms with Gasteiger partial charge in [0.05, 0.1) is 5.70 Å². The van der Waals surface area contributed by atoms with E-state index in [-0.39, 0.29) is 5.41 Å². The molecule has 0 amide bonds. The van der Waals surface area contributed by atoms with Gasteiger partial charge in [0.2, 0.25) is 0 Å². The van der Waals surface area contributed by atoms with E-state index in [4.69, 9.17) is 4.74 Å². The summed E-state index contributed by atoms with van der Waals surface area (Å²) >= 11 is 0. The first-order chi connectivity index (χ1) is 10.1. The van der Waals surface area contributed by atoms with E-state index in [1.807, 2.05) is 6.26 Å². The average Bonchev–Trinajstić information content (AvgIpc) is 2.88. The number of rotatable bonds is 12. The van der Waals surface area contributed by atoms with Crippen LogP contribution in [0.15, 0.2) is 24.4 Å². The Morgan fingerprint density at radius 3 is 1.95 bits per heavy atom. The third-order valence-electron chi connectivity index (χ3n) is 4.48. The maximum absolute atomic E-state index is 5.28. The minimum atomic E-state index is 0.166. The molecule has 0 aromatic carbocycles. The molecule has 0 saturated heterocycles. The van der Waals surface area contributed by atoms with Gasteiger partial charge in [-0.3, -0.25) is 0 Å². The quantitative estimate of drug-likeness (QED) is 0.429. The van der Waals surface area contributed by atoms with E-state index in [2.05, 4.69) is 32.7 Å². The Kier molecular flexibility index (Phi) is 8.56. The van der Waals surface area contributed by atoms with E-state index in [0.717, 1.165) is 0 Å². The molecule has 0 spiro atoms. The molecular weight excluding hydrogens is 258 g/mol. The van der Waals surface area contributed by atoms with Crippen molar-refractivity contribution in [3.05, 3.63) is 24.4 Å². The molecule has 2 nitrogen and oxygen atoms in total. The van der Waals surface area contributed by atoms with Crippen LogP contribution in [0.5, 0.6) is 0 Å². The van der Waals surface area contributed by atoms with Crippen LogP contribution in [-0.4, -0.2) is 0 Å². The Labute approximate surface area is 132 Å². The Balaban J connectivity index is 1.97. The normalized spacial score (nSPS) is 14.8. The maximum atomic E-state index is 5.28. The summed E-state index contributed by atoms with van der Waals surface area (Å²) in [5, 5.41) is 3.22. The van der Waals surface area contributed by atoms with Gasteiger partial charge < -0.3 is 10.1 Å². The summed E-state index contributed by atoms with van der Waals surface area (Å²) in [7, 11) is 0. The molecule has 1 rings (SSSR count). The van der Waals surface area contributed by atoms with E-state index in [1.165, 1.54) is 76.3 Å². The van der Waals surface area contributed by atoms with Gasteiger partial charge in [0.1, 0.15) is 6.26 Å². The SMILES string of the molecule is C=C1NC(C(C)(C)CCCCCCCCCCCC)=CO1. The molecule has 0 unspecified atom stereocenters. The number of unbranched alkanes of at least 4 members (excludes halogenated alkanes) is 9. The molecule has 0 fully saturated rings. The van der Waals surface area contributed by atoms with Crippen LogP contribution >= 0.6 is 0 Å². The molecular formula is C19H35NO. The molecule has 0 aromatic heterocycles. The number of nitrogens with one attached hydrogen (secondary N) is 1. The highest BCUT2D eigenvalue weighted by molar-refractivity contribution is 5.16. The molecule has 0 saturated carbocycles. The Morgan fingerprint density at radius 2 is 1.48 bits per heavy atom. The van der Waals surface area contributed by atoms with Gasteiger partial charge in [-0.2, -0.15) is 0 Å². The van der Waals surface area contributed by atoms with E-state index < -0.39 is 0 Å². The summed E-state index contributed by atoms with van der Waals surface area (Å²) in [4.78, 5) is 0. The van der Waals surface area contributed by atoms with Gasteiger partial charge in [-0.15, -0.1) is 0 Å². The fraction of sp³-hybridized carbons (Fsp3) is 0.789. The fourth-order valence-corrected chi connectivity index (χ4v) is 2.86. The third-order valence-corrected chi connectivity index (χ3v) is 4.48. The van der Waals surface area contributed by atoms with Crippen molar-refractivity contribution in [3.63, 3.8) is 0 Å². The van der Waals surface area contributed by atoms with Crippen LogP contribution in [0.3, 0.4) is 0 Å². The van der Waals surface area contributed by atoms with Gasteiger partial charge in [0.15, 0.2) is 5.88 Å². The molecule has 21 heavy (non-hydrogen) atoms. The average molecular weight is 293 g/mol. The molecule has 1 heterocycles. The molecule has 1 N–H and O–H groups in total. The fourth-order valence-electron chi connectivity index (χ4n) is 2.86. The summed E-state index contributed by atoms with van der Waals surface area (Å²) in [6, 6.07) is 0. The summed E-state index contributed by atoms with van der Waals surface area (Å²) in [6.07, 6.45) is 17.0. The van der Waals surface area contributed by atoms with Gasteiger partial charge in [-0.25, -0.2) is 0 Å². The van der Waals surface area contributed by atoms with Crippen LogP contribution in [-0.2, 0) is 4.74 Å². The number of hydrogen-bond acceptors (Lipinski definition) is 2. The molecule has 2 heteroatoms. The van der Waals surface area contributed by atoms with Crippen LogP contribution in [0.25, 0.3) is 0 Å². The standard InChI is InChI=1S/C19H35NO/c1-5-6-7-8-9-10-11-12-13-14-15-19(3,4)18-16-21-17(2)20-18/h16,20H,2,5-15H2,1,3-4H3. The highest BCUT2D eigenvalue weighted by atomic mass is 16.5. The third kappa shape index (κ3) is 7.59. The second kappa shape index (κ2) is 9.92. The van der Waals surface area contributed by atoms with E-state index in [9.17, 15) is 0 Å². The first-order valence-electron chi connectivity index (χ1n) is 8.89. The Bertz CT molecular complexity index is 330. The minimum absolute atomic E-state index is 0.166. The van der Waals surface area contributed by atoms with Crippen molar-refractivity contribution in [3.8, 4) is 0 Å². The first-order valence-corrected chi connectivity index (χ1v) is 8.89. The number of ether oxygens (including phenoxy) is 1. The highest BCUT2D eigenvalue weighted by Gasteiger charge is 2.26. The maximum Gasteiger partial charge on any atom is 0.189 e. The van der Waals surface area contributed by atoms with Gasteiger partial charge in [0, 0.05) is 5.41 Å². The predicted octanol–water partition coefficient (Wildman–Crippen LogP) is 6.26. The Hall–Kier alpha value is -0.920.